The fourth-order valence-electron chi connectivity index (χ4n) is 2.54. The second-order valence-corrected chi connectivity index (χ2v) is 4.85. The molecular formula is C13H16N2O. The van der Waals surface area contributed by atoms with Crippen molar-refractivity contribution in [2.24, 2.45) is 0 Å². The summed E-state index contributed by atoms with van der Waals surface area (Å²) in [5, 5.41) is 22.3. The smallest absolute Gasteiger partial charge is 0.0991 e. The van der Waals surface area contributed by atoms with Crippen LogP contribution in [0, 0.1) is 11.3 Å². The molecule has 0 saturated heterocycles. The van der Waals surface area contributed by atoms with Crippen LogP contribution in [-0.4, -0.2) is 18.3 Å². The van der Waals surface area contributed by atoms with Gasteiger partial charge in [0, 0.05) is 5.41 Å². The van der Waals surface area contributed by atoms with Gasteiger partial charge in [-0.05, 0) is 30.3 Å². The fourth-order valence-corrected chi connectivity index (χ4v) is 2.54. The van der Waals surface area contributed by atoms with Crippen LogP contribution < -0.4 is 5.32 Å². The predicted molar refractivity (Wildman–Crippen MR) is 62.0 cm³/mol. The number of nitrogens with zero attached hydrogens (tertiary/aromatic N) is 1. The highest BCUT2D eigenvalue weighted by Gasteiger charge is 2.44. The lowest BCUT2D eigenvalue weighted by atomic mass is 9.84. The minimum absolute atomic E-state index is 0.0849. The highest BCUT2D eigenvalue weighted by molar-refractivity contribution is 5.48. The molecule has 0 radical (unpaired) electrons. The van der Waals surface area contributed by atoms with Gasteiger partial charge in [0.2, 0.25) is 0 Å². The van der Waals surface area contributed by atoms with E-state index in [2.05, 4.69) is 11.4 Å². The Morgan fingerprint density at radius 3 is 2.69 bits per heavy atom. The standard InChI is InChI=1S/C13H16N2O/c1-13(2)10-5-4-8(7-14)6-9(10)11(15-3)12(13)16/h4-6,11-12,15-16H,1-3H3. The number of nitrogens with one attached hydrogen (secondary N) is 1. The van der Waals surface area contributed by atoms with Crippen LogP contribution >= 0.6 is 0 Å². The Kier molecular flexibility index (Phi) is 2.49. The molecule has 0 amide bonds. The lowest BCUT2D eigenvalue weighted by Gasteiger charge is -2.26. The molecule has 3 heteroatoms. The van der Waals surface area contributed by atoms with Crippen molar-refractivity contribution in [3.8, 4) is 6.07 Å². The number of nitriles is 1. The third kappa shape index (κ3) is 1.35. The Balaban J connectivity index is 2.61. The molecule has 3 nitrogen and oxygen atoms in total. The molecule has 2 atom stereocenters. The molecule has 1 aromatic carbocycles. The summed E-state index contributed by atoms with van der Waals surface area (Å²) < 4.78 is 0. The largest absolute Gasteiger partial charge is 0.390 e. The van der Waals surface area contributed by atoms with Gasteiger partial charge in [-0.15, -0.1) is 0 Å². The van der Waals surface area contributed by atoms with Crippen LogP contribution in [-0.2, 0) is 5.41 Å². The molecule has 0 fully saturated rings. The van der Waals surface area contributed by atoms with Gasteiger partial charge >= 0.3 is 0 Å². The quantitative estimate of drug-likeness (QED) is 0.747. The molecule has 0 bridgehead atoms. The van der Waals surface area contributed by atoms with E-state index in [9.17, 15) is 5.11 Å². The topological polar surface area (TPSA) is 56.0 Å². The third-order valence-corrected chi connectivity index (χ3v) is 3.58. The zero-order valence-electron chi connectivity index (χ0n) is 9.78. The summed E-state index contributed by atoms with van der Waals surface area (Å²) in [6.07, 6.45) is -0.457. The third-order valence-electron chi connectivity index (χ3n) is 3.58. The van der Waals surface area contributed by atoms with Crippen LogP contribution in [0.3, 0.4) is 0 Å². The molecule has 0 aliphatic heterocycles. The molecule has 0 aromatic heterocycles. The Morgan fingerprint density at radius 2 is 2.12 bits per heavy atom. The number of aliphatic hydroxyl groups is 1. The number of rotatable bonds is 1. The number of hydrogen-bond acceptors (Lipinski definition) is 3. The minimum atomic E-state index is -0.457. The Morgan fingerprint density at radius 1 is 1.44 bits per heavy atom. The summed E-state index contributed by atoms with van der Waals surface area (Å²) in [5.74, 6) is 0. The lowest BCUT2D eigenvalue weighted by Crippen LogP contribution is -2.35. The second-order valence-electron chi connectivity index (χ2n) is 4.85. The normalized spacial score (nSPS) is 26.2. The summed E-state index contributed by atoms with van der Waals surface area (Å²) in [7, 11) is 1.83. The average molecular weight is 216 g/mol. The second kappa shape index (κ2) is 3.58. The molecule has 16 heavy (non-hydrogen) atoms. The zero-order valence-corrected chi connectivity index (χ0v) is 9.78. The van der Waals surface area contributed by atoms with Crippen molar-refractivity contribution < 1.29 is 5.11 Å². The number of hydrogen-bond donors (Lipinski definition) is 2. The van der Waals surface area contributed by atoms with Gasteiger partial charge in [-0.25, -0.2) is 0 Å². The molecule has 2 rings (SSSR count). The first kappa shape index (κ1) is 11.1. The van der Waals surface area contributed by atoms with E-state index in [1.807, 2.05) is 39.1 Å². The van der Waals surface area contributed by atoms with E-state index in [1.54, 1.807) is 0 Å². The predicted octanol–water partition coefficient (Wildman–Crippen LogP) is 1.47. The summed E-state index contributed by atoms with van der Waals surface area (Å²) in [6, 6.07) is 7.68. The van der Waals surface area contributed by atoms with E-state index in [0.29, 0.717) is 5.56 Å². The van der Waals surface area contributed by atoms with Crippen LogP contribution in [0.5, 0.6) is 0 Å². The first-order chi connectivity index (χ1) is 7.52. The van der Waals surface area contributed by atoms with Crippen molar-refractivity contribution in [2.75, 3.05) is 7.05 Å². The Labute approximate surface area is 95.7 Å². The average Bonchev–Trinajstić information content (AvgIpc) is 2.47. The van der Waals surface area contributed by atoms with Crippen molar-refractivity contribution in [1.29, 1.82) is 5.26 Å². The van der Waals surface area contributed by atoms with Gasteiger partial charge in [0.25, 0.3) is 0 Å². The van der Waals surface area contributed by atoms with Gasteiger partial charge in [-0.2, -0.15) is 5.26 Å². The fraction of sp³-hybridized carbons (Fsp3) is 0.462. The number of likely N-dealkylation sites (N-methyl/N-ethyl adjacent to an activating group) is 1. The van der Waals surface area contributed by atoms with Gasteiger partial charge in [0.1, 0.15) is 0 Å². The number of fused-ring (bicyclic) bond motifs is 1. The highest BCUT2D eigenvalue weighted by Crippen LogP contribution is 2.44. The van der Waals surface area contributed by atoms with E-state index >= 15 is 0 Å². The summed E-state index contributed by atoms with van der Waals surface area (Å²) >= 11 is 0. The monoisotopic (exact) mass is 216 g/mol. The van der Waals surface area contributed by atoms with E-state index in [0.717, 1.165) is 11.1 Å². The van der Waals surface area contributed by atoms with Crippen molar-refractivity contribution in [1.82, 2.24) is 5.32 Å². The summed E-state index contributed by atoms with van der Waals surface area (Å²) in [4.78, 5) is 0. The van der Waals surface area contributed by atoms with Crippen molar-refractivity contribution in [2.45, 2.75) is 31.4 Å². The highest BCUT2D eigenvalue weighted by atomic mass is 16.3. The van der Waals surface area contributed by atoms with E-state index in [4.69, 9.17) is 5.26 Å². The molecule has 84 valence electrons. The summed E-state index contributed by atoms with van der Waals surface area (Å²) in [6.45, 7) is 4.06. The number of benzene rings is 1. The maximum atomic E-state index is 10.3. The van der Waals surface area contributed by atoms with Crippen LogP contribution in [0.2, 0.25) is 0 Å². The van der Waals surface area contributed by atoms with Crippen LogP contribution in [0.15, 0.2) is 18.2 Å². The molecule has 1 aliphatic rings. The first-order valence-electron chi connectivity index (χ1n) is 5.42. The molecule has 1 aromatic rings. The molecule has 2 unspecified atom stereocenters. The van der Waals surface area contributed by atoms with Crippen molar-refractivity contribution >= 4 is 0 Å². The van der Waals surface area contributed by atoms with Crippen LogP contribution in [0.4, 0.5) is 0 Å². The minimum Gasteiger partial charge on any atom is -0.390 e. The Hall–Kier alpha value is -1.37. The van der Waals surface area contributed by atoms with Gasteiger partial charge in [-0.3, -0.25) is 0 Å². The summed E-state index contributed by atoms with van der Waals surface area (Å²) in [5.41, 5.74) is 2.54. The van der Waals surface area contributed by atoms with Gasteiger partial charge in [-0.1, -0.05) is 19.9 Å². The van der Waals surface area contributed by atoms with Crippen molar-refractivity contribution in [3.63, 3.8) is 0 Å². The van der Waals surface area contributed by atoms with Crippen LogP contribution in [0.25, 0.3) is 0 Å². The van der Waals surface area contributed by atoms with E-state index in [1.165, 1.54) is 0 Å². The number of aliphatic hydroxyl groups excluding tert-OH is 1. The van der Waals surface area contributed by atoms with Crippen LogP contribution in [0.1, 0.15) is 36.6 Å². The Bertz CT molecular complexity index is 459. The molecular weight excluding hydrogens is 200 g/mol. The maximum absolute atomic E-state index is 10.3. The molecule has 0 saturated carbocycles. The molecule has 0 heterocycles. The van der Waals surface area contributed by atoms with Gasteiger partial charge in [0.15, 0.2) is 0 Å². The lowest BCUT2D eigenvalue weighted by molar-refractivity contribution is 0.0819. The van der Waals surface area contributed by atoms with Gasteiger partial charge in [0.05, 0.1) is 23.8 Å². The first-order valence-corrected chi connectivity index (χ1v) is 5.42. The van der Waals surface area contributed by atoms with Crippen molar-refractivity contribution in [3.05, 3.63) is 34.9 Å². The van der Waals surface area contributed by atoms with E-state index in [-0.39, 0.29) is 11.5 Å². The van der Waals surface area contributed by atoms with E-state index < -0.39 is 6.10 Å². The SMILES string of the molecule is CNC1c2cc(C#N)ccc2C(C)(C)C1O. The zero-order chi connectivity index (χ0) is 11.9. The molecule has 2 N–H and O–H groups in total. The molecule has 0 spiro atoms. The maximum Gasteiger partial charge on any atom is 0.0991 e. The van der Waals surface area contributed by atoms with Gasteiger partial charge < -0.3 is 10.4 Å². The molecule has 1 aliphatic carbocycles.